The Hall–Kier alpha value is -1.96. The highest BCUT2D eigenvalue weighted by Gasteiger charge is 2.29. The summed E-state index contributed by atoms with van der Waals surface area (Å²) in [7, 11) is -3.82. The maximum atomic E-state index is 12.8. The number of carbonyl (C=O) groups is 1. The zero-order valence-electron chi connectivity index (χ0n) is 15.6. The van der Waals surface area contributed by atoms with Crippen LogP contribution in [0.5, 0.6) is 0 Å². The Kier molecular flexibility index (Phi) is 6.14. The van der Waals surface area contributed by atoms with Crippen molar-refractivity contribution in [1.82, 2.24) is 10.0 Å². The van der Waals surface area contributed by atoms with E-state index in [0.717, 1.165) is 23.6 Å². The lowest BCUT2D eigenvalue weighted by atomic mass is 10.0. The first kappa shape index (κ1) is 19.8. The van der Waals surface area contributed by atoms with Gasteiger partial charge in [-0.05, 0) is 41.7 Å². The highest BCUT2D eigenvalue weighted by atomic mass is 32.2. The number of ether oxygens (including phenoxy) is 1. The smallest absolute Gasteiger partial charge is 0.241 e. The molecule has 0 aromatic heterocycles. The molecule has 0 unspecified atom stereocenters. The molecule has 1 fully saturated rings. The second-order valence-corrected chi connectivity index (χ2v) is 8.95. The van der Waals surface area contributed by atoms with E-state index in [2.05, 4.69) is 10.0 Å². The van der Waals surface area contributed by atoms with Gasteiger partial charge in [-0.25, -0.2) is 8.42 Å². The molecule has 1 amide bonds. The van der Waals surface area contributed by atoms with Crippen molar-refractivity contribution in [2.45, 2.75) is 43.7 Å². The van der Waals surface area contributed by atoms with Crippen molar-refractivity contribution in [1.29, 1.82) is 0 Å². The van der Waals surface area contributed by atoms with Crippen molar-refractivity contribution in [3.05, 3.63) is 42.5 Å². The van der Waals surface area contributed by atoms with E-state index in [-0.39, 0.29) is 22.8 Å². The molecule has 1 heterocycles. The Morgan fingerprint density at radius 3 is 2.59 bits per heavy atom. The van der Waals surface area contributed by atoms with Gasteiger partial charge in [0.05, 0.1) is 11.0 Å². The van der Waals surface area contributed by atoms with Crippen LogP contribution in [-0.4, -0.2) is 39.6 Å². The minimum atomic E-state index is -3.82. The van der Waals surface area contributed by atoms with Gasteiger partial charge in [0.2, 0.25) is 15.9 Å². The van der Waals surface area contributed by atoms with Gasteiger partial charge >= 0.3 is 0 Å². The molecule has 6 nitrogen and oxygen atoms in total. The monoisotopic (exact) mass is 390 g/mol. The Morgan fingerprint density at radius 1 is 1.19 bits per heavy atom. The molecule has 2 aromatic rings. The van der Waals surface area contributed by atoms with Crippen LogP contribution in [0, 0.1) is 5.92 Å². The summed E-state index contributed by atoms with van der Waals surface area (Å²) in [6.07, 6.45) is 1.91. The molecule has 1 aliphatic rings. The van der Waals surface area contributed by atoms with Crippen molar-refractivity contribution in [2.24, 2.45) is 5.92 Å². The van der Waals surface area contributed by atoms with Crippen molar-refractivity contribution in [2.75, 3.05) is 13.2 Å². The summed E-state index contributed by atoms with van der Waals surface area (Å²) in [5.74, 6) is -0.519. The SMILES string of the molecule is CC(C)[C@H](NS(=O)(=O)c1ccc2ccccc2c1)C(=O)NC[C@H]1CCCO1. The predicted molar refractivity (Wildman–Crippen MR) is 105 cm³/mol. The van der Waals surface area contributed by atoms with Crippen LogP contribution in [0.25, 0.3) is 10.8 Å². The summed E-state index contributed by atoms with van der Waals surface area (Å²) < 4.78 is 33.7. The summed E-state index contributed by atoms with van der Waals surface area (Å²) in [6, 6.07) is 11.7. The van der Waals surface area contributed by atoms with Gasteiger partial charge in [-0.3, -0.25) is 4.79 Å². The quantitative estimate of drug-likeness (QED) is 0.760. The maximum Gasteiger partial charge on any atom is 0.241 e. The van der Waals surface area contributed by atoms with Crippen LogP contribution in [0.15, 0.2) is 47.4 Å². The van der Waals surface area contributed by atoms with Crippen LogP contribution in [0.1, 0.15) is 26.7 Å². The van der Waals surface area contributed by atoms with Gasteiger partial charge in [0.25, 0.3) is 0 Å². The van der Waals surface area contributed by atoms with Crippen molar-refractivity contribution in [3.8, 4) is 0 Å². The van der Waals surface area contributed by atoms with E-state index >= 15 is 0 Å². The molecule has 2 N–H and O–H groups in total. The Labute approximate surface area is 160 Å². The fraction of sp³-hybridized carbons (Fsp3) is 0.450. The topological polar surface area (TPSA) is 84.5 Å². The number of sulfonamides is 1. The van der Waals surface area contributed by atoms with Gasteiger partial charge in [-0.15, -0.1) is 0 Å². The molecule has 2 atom stereocenters. The van der Waals surface area contributed by atoms with Gasteiger partial charge in [0.1, 0.15) is 6.04 Å². The highest BCUT2D eigenvalue weighted by molar-refractivity contribution is 7.89. The molecular formula is C20H26N2O4S. The third-order valence-corrected chi connectivity index (χ3v) is 6.23. The summed E-state index contributed by atoms with van der Waals surface area (Å²) in [5, 5.41) is 4.62. The van der Waals surface area contributed by atoms with Gasteiger partial charge in [0.15, 0.2) is 0 Å². The van der Waals surface area contributed by atoms with Gasteiger partial charge in [-0.1, -0.05) is 44.2 Å². The third kappa shape index (κ3) is 4.86. The summed E-state index contributed by atoms with van der Waals surface area (Å²) in [5.41, 5.74) is 0. The van der Waals surface area contributed by atoms with Crippen LogP contribution in [0.4, 0.5) is 0 Å². The Morgan fingerprint density at radius 2 is 1.93 bits per heavy atom. The van der Waals surface area contributed by atoms with E-state index in [1.54, 1.807) is 18.2 Å². The zero-order valence-corrected chi connectivity index (χ0v) is 16.5. The van der Waals surface area contributed by atoms with Crippen LogP contribution in [0.2, 0.25) is 0 Å². The van der Waals surface area contributed by atoms with Crippen LogP contribution in [-0.2, 0) is 19.6 Å². The number of rotatable bonds is 7. The zero-order chi connectivity index (χ0) is 19.4. The van der Waals surface area contributed by atoms with Crippen LogP contribution in [0.3, 0.4) is 0 Å². The Bertz CT molecular complexity index is 905. The average Bonchev–Trinajstić information content (AvgIpc) is 3.17. The molecule has 0 bridgehead atoms. The van der Waals surface area contributed by atoms with Gasteiger partial charge < -0.3 is 10.1 Å². The molecule has 0 saturated carbocycles. The fourth-order valence-corrected chi connectivity index (χ4v) is 4.57. The average molecular weight is 391 g/mol. The second-order valence-electron chi connectivity index (χ2n) is 7.23. The van der Waals surface area contributed by atoms with Gasteiger partial charge in [-0.2, -0.15) is 4.72 Å². The molecule has 0 radical (unpaired) electrons. The number of fused-ring (bicyclic) bond motifs is 1. The molecule has 2 aromatic carbocycles. The molecule has 0 spiro atoms. The van der Waals surface area contributed by atoms with E-state index in [4.69, 9.17) is 4.74 Å². The Balaban J connectivity index is 1.74. The molecule has 3 rings (SSSR count). The van der Waals surface area contributed by atoms with Gasteiger partial charge in [0, 0.05) is 13.2 Å². The summed E-state index contributed by atoms with van der Waals surface area (Å²) >= 11 is 0. The van der Waals surface area contributed by atoms with E-state index in [1.165, 1.54) is 0 Å². The number of amides is 1. The lowest BCUT2D eigenvalue weighted by Crippen LogP contribution is -2.50. The molecule has 1 saturated heterocycles. The second kappa shape index (κ2) is 8.37. The highest BCUT2D eigenvalue weighted by Crippen LogP contribution is 2.20. The first-order valence-electron chi connectivity index (χ1n) is 9.27. The molecule has 7 heteroatoms. The molecular weight excluding hydrogens is 364 g/mol. The first-order valence-corrected chi connectivity index (χ1v) is 10.8. The molecule has 1 aliphatic heterocycles. The van der Waals surface area contributed by atoms with E-state index < -0.39 is 16.1 Å². The molecule has 0 aliphatic carbocycles. The first-order chi connectivity index (χ1) is 12.9. The fourth-order valence-electron chi connectivity index (χ4n) is 3.19. The van der Waals surface area contributed by atoms with Crippen LogP contribution >= 0.6 is 0 Å². The number of carbonyl (C=O) groups excluding carboxylic acids is 1. The number of hydrogen-bond donors (Lipinski definition) is 2. The van der Waals surface area contributed by atoms with Crippen molar-refractivity contribution in [3.63, 3.8) is 0 Å². The molecule has 27 heavy (non-hydrogen) atoms. The third-order valence-electron chi connectivity index (χ3n) is 4.79. The van der Waals surface area contributed by atoms with E-state index in [9.17, 15) is 13.2 Å². The van der Waals surface area contributed by atoms with E-state index in [1.807, 2.05) is 38.1 Å². The minimum Gasteiger partial charge on any atom is -0.376 e. The van der Waals surface area contributed by atoms with Crippen molar-refractivity contribution < 1.29 is 17.9 Å². The lowest BCUT2D eigenvalue weighted by Gasteiger charge is -2.22. The normalized spacial score (nSPS) is 18.7. The predicted octanol–water partition coefficient (Wildman–Crippen LogP) is 2.44. The largest absolute Gasteiger partial charge is 0.376 e. The number of hydrogen-bond acceptors (Lipinski definition) is 4. The van der Waals surface area contributed by atoms with Crippen molar-refractivity contribution >= 4 is 26.7 Å². The number of nitrogens with one attached hydrogen (secondary N) is 2. The summed E-state index contributed by atoms with van der Waals surface area (Å²) in [4.78, 5) is 12.7. The lowest BCUT2D eigenvalue weighted by molar-refractivity contribution is -0.124. The summed E-state index contributed by atoms with van der Waals surface area (Å²) in [6.45, 7) is 4.75. The number of benzene rings is 2. The van der Waals surface area contributed by atoms with E-state index in [0.29, 0.717) is 13.2 Å². The van der Waals surface area contributed by atoms with Crippen LogP contribution < -0.4 is 10.0 Å². The minimum absolute atomic E-state index is 0.0128. The maximum absolute atomic E-state index is 12.8. The molecule has 146 valence electrons. The standard InChI is InChI=1S/C20H26N2O4S/c1-14(2)19(20(23)21-13-17-8-5-11-26-17)22-27(24,25)18-10-9-15-6-3-4-7-16(15)12-18/h3-4,6-7,9-10,12,14,17,19,22H,5,8,11,13H2,1-2H3,(H,21,23)/t17-,19+/m1/s1.